The molecule has 3 aliphatic rings. The van der Waals surface area contributed by atoms with E-state index in [1.165, 1.54) is 44.5 Å². The van der Waals surface area contributed by atoms with E-state index < -0.39 is 0 Å². The molecular weight excluding hydrogens is 414 g/mol. The maximum Gasteiger partial charge on any atom is 0.244 e. The van der Waals surface area contributed by atoms with Crippen LogP contribution in [0.3, 0.4) is 0 Å². The maximum atomic E-state index is 12.3. The van der Waals surface area contributed by atoms with Crippen LogP contribution < -0.4 is 5.32 Å². The van der Waals surface area contributed by atoms with Gasteiger partial charge in [0.2, 0.25) is 5.91 Å². The summed E-state index contributed by atoms with van der Waals surface area (Å²) in [6.07, 6.45) is 14.8. The Morgan fingerprint density at radius 2 is 2.06 bits per heavy atom. The Bertz CT molecular complexity index is 992. The summed E-state index contributed by atoms with van der Waals surface area (Å²) >= 11 is 0. The van der Waals surface area contributed by atoms with Crippen LogP contribution >= 0.6 is 0 Å². The van der Waals surface area contributed by atoms with Gasteiger partial charge in [-0.25, -0.2) is 9.97 Å². The van der Waals surface area contributed by atoms with Gasteiger partial charge in [0.05, 0.1) is 5.69 Å². The third-order valence-electron chi connectivity index (χ3n) is 7.91. The molecule has 33 heavy (non-hydrogen) atoms. The van der Waals surface area contributed by atoms with Crippen molar-refractivity contribution in [2.75, 3.05) is 19.6 Å². The van der Waals surface area contributed by atoms with Crippen molar-refractivity contribution in [3.8, 4) is 0 Å². The highest BCUT2D eigenvalue weighted by atomic mass is 16.5. The SMILES string of the molecule is CCc1cc([C@]23C[C@H]2CN(CCC2CCC(NC(=O)/C=C/c4cnc(C)nc4)CC2)C3)no1. The number of nitrogens with zero attached hydrogens (tertiary/aromatic N) is 4. The Morgan fingerprint density at radius 3 is 2.79 bits per heavy atom. The molecule has 1 saturated heterocycles. The zero-order chi connectivity index (χ0) is 22.8. The summed E-state index contributed by atoms with van der Waals surface area (Å²) in [7, 11) is 0. The number of carbonyl (C=O) groups excluding carboxylic acids is 1. The number of amides is 1. The molecule has 0 spiro atoms. The van der Waals surface area contributed by atoms with Gasteiger partial charge in [0, 0.05) is 61.1 Å². The molecule has 7 heteroatoms. The zero-order valence-electron chi connectivity index (χ0n) is 19.8. The van der Waals surface area contributed by atoms with E-state index in [9.17, 15) is 4.79 Å². The van der Waals surface area contributed by atoms with Gasteiger partial charge in [-0.2, -0.15) is 0 Å². The van der Waals surface area contributed by atoms with Gasteiger partial charge in [-0.15, -0.1) is 0 Å². The fourth-order valence-electron chi connectivity index (χ4n) is 5.74. The average molecular weight is 450 g/mol. The molecule has 176 valence electrons. The smallest absolute Gasteiger partial charge is 0.244 e. The molecule has 0 aromatic carbocycles. The highest BCUT2D eigenvalue weighted by Gasteiger charge is 2.62. The number of aromatic nitrogens is 3. The quantitative estimate of drug-likeness (QED) is 0.619. The maximum absolute atomic E-state index is 12.3. The summed E-state index contributed by atoms with van der Waals surface area (Å²) in [5.41, 5.74) is 2.30. The van der Waals surface area contributed by atoms with Crippen molar-refractivity contribution in [1.82, 2.24) is 25.3 Å². The summed E-state index contributed by atoms with van der Waals surface area (Å²) in [5, 5.41) is 7.55. The molecule has 3 fully saturated rings. The number of aryl methyl sites for hydroxylation is 2. The predicted octanol–water partition coefficient (Wildman–Crippen LogP) is 3.69. The van der Waals surface area contributed by atoms with Crippen molar-refractivity contribution in [3.63, 3.8) is 0 Å². The second-order valence-electron chi connectivity index (χ2n) is 10.2. The van der Waals surface area contributed by atoms with Gasteiger partial charge >= 0.3 is 0 Å². The van der Waals surface area contributed by atoms with Gasteiger partial charge < -0.3 is 14.7 Å². The Hall–Kier alpha value is -2.54. The monoisotopic (exact) mass is 449 g/mol. The molecule has 7 nitrogen and oxygen atoms in total. The number of hydrogen-bond donors (Lipinski definition) is 1. The third kappa shape index (κ3) is 5.03. The Kier molecular flexibility index (Phi) is 6.32. The van der Waals surface area contributed by atoms with E-state index in [0.29, 0.717) is 0 Å². The highest BCUT2D eigenvalue weighted by molar-refractivity contribution is 5.91. The molecule has 5 rings (SSSR count). The third-order valence-corrected chi connectivity index (χ3v) is 7.91. The van der Waals surface area contributed by atoms with Crippen LogP contribution in [0.2, 0.25) is 0 Å². The minimum Gasteiger partial charge on any atom is -0.361 e. The van der Waals surface area contributed by atoms with Crippen molar-refractivity contribution in [2.45, 2.75) is 70.3 Å². The normalized spacial score (nSPS) is 29.3. The number of fused-ring (bicyclic) bond motifs is 1. The summed E-state index contributed by atoms with van der Waals surface area (Å²) in [4.78, 5) is 23.2. The summed E-state index contributed by atoms with van der Waals surface area (Å²) in [5.74, 6) is 3.24. The van der Waals surface area contributed by atoms with E-state index >= 15 is 0 Å². The standard InChI is InChI=1S/C26H35N5O2/c1-3-23-12-24(30-33-23)26-13-21(26)16-31(17-26)11-10-19-4-7-22(8-5-19)29-25(32)9-6-20-14-27-18(2)28-15-20/h6,9,12,14-15,19,21-22H,3-5,7-8,10-11,13,16-17H2,1-2H3,(H,29,32)/b9-6+/t19?,21-,22?,26-/m0/s1. The highest BCUT2D eigenvalue weighted by Crippen LogP contribution is 2.58. The first kappa shape index (κ1) is 22.3. The lowest BCUT2D eigenvalue weighted by atomic mass is 9.84. The van der Waals surface area contributed by atoms with E-state index in [-0.39, 0.29) is 17.4 Å². The van der Waals surface area contributed by atoms with E-state index in [2.05, 4.69) is 38.3 Å². The number of nitrogens with one attached hydrogen (secondary N) is 1. The molecule has 1 N–H and O–H groups in total. The van der Waals surface area contributed by atoms with Gasteiger partial charge in [0.15, 0.2) is 0 Å². The number of carbonyl (C=O) groups is 1. The van der Waals surface area contributed by atoms with Crippen LogP contribution in [0.15, 0.2) is 29.1 Å². The van der Waals surface area contributed by atoms with Crippen LogP contribution in [0, 0.1) is 18.8 Å². The van der Waals surface area contributed by atoms with Gasteiger partial charge in [0.1, 0.15) is 11.6 Å². The lowest BCUT2D eigenvalue weighted by Gasteiger charge is -2.30. The summed E-state index contributed by atoms with van der Waals surface area (Å²) in [6, 6.07) is 2.47. The summed E-state index contributed by atoms with van der Waals surface area (Å²) in [6.45, 7) is 7.49. The molecule has 1 aliphatic heterocycles. The molecule has 2 atom stereocenters. The Balaban J connectivity index is 1.02. The van der Waals surface area contributed by atoms with E-state index in [0.717, 1.165) is 54.8 Å². The van der Waals surface area contributed by atoms with Crippen molar-refractivity contribution in [3.05, 3.63) is 47.4 Å². The minimum absolute atomic E-state index is 0.0281. The van der Waals surface area contributed by atoms with E-state index in [1.807, 2.05) is 6.92 Å². The largest absolute Gasteiger partial charge is 0.361 e. The molecule has 2 aromatic heterocycles. The lowest BCUT2D eigenvalue weighted by molar-refractivity contribution is -0.117. The molecule has 2 saturated carbocycles. The van der Waals surface area contributed by atoms with Crippen LogP contribution in [0.5, 0.6) is 0 Å². The van der Waals surface area contributed by atoms with Crippen LogP contribution in [0.1, 0.15) is 68.3 Å². The topological polar surface area (TPSA) is 84.2 Å². The Morgan fingerprint density at radius 1 is 1.27 bits per heavy atom. The first-order chi connectivity index (χ1) is 16.0. The molecule has 3 heterocycles. The zero-order valence-corrected chi connectivity index (χ0v) is 19.8. The second-order valence-corrected chi connectivity index (χ2v) is 10.2. The van der Waals surface area contributed by atoms with Gasteiger partial charge in [-0.1, -0.05) is 12.1 Å². The predicted molar refractivity (Wildman–Crippen MR) is 126 cm³/mol. The second kappa shape index (κ2) is 9.37. The van der Waals surface area contributed by atoms with Crippen LogP contribution in [-0.4, -0.2) is 51.6 Å². The number of piperidine rings is 1. The Labute approximate surface area is 196 Å². The molecule has 2 aromatic rings. The van der Waals surface area contributed by atoms with Crippen LogP contribution in [0.4, 0.5) is 0 Å². The van der Waals surface area contributed by atoms with Gasteiger partial charge in [0.25, 0.3) is 0 Å². The van der Waals surface area contributed by atoms with E-state index in [4.69, 9.17) is 4.52 Å². The lowest BCUT2D eigenvalue weighted by Crippen LogP contribution is -2.37. The van der Waals surface area contributed by atoms with Crippen molar-refractivity contribution >= 4 is 12.0 Å². The number of hydrogen-bond acceptors (Lipinski definition) is 6. The van der Waals surface area contributed by atoms with Crippen molar-refractivity contribution in [2.24, 2.45) is 11.8 Å². The molecule has 2 aliphatic carbocycles. The molecular formula is C26H35N5O2. The fraction of sp³-hybridized carbons (Fsp3) is 0.615. The molecule has 0 unspecified atom stereocenters. The van der Waals surface area contributed by atoms with E-state index in [1.54, 1.807) is 24.5 Å². The average Bonchev–Trinajstić information content (AvgIpc) is 3.16. The molecule has 0 radical (unpaired) electrons. The van der Waals surface area contributed by atoms with Crippen LogP contribution in [0.25, 0.3) is 6.08 Å². The minimum atomic E-state index is -0.0281. The van der Waals surface area contributed by atoms with Crippen molar-refractivity contribution < 1.29 is 9.32 Å². The number of likely N-dealkylation sites (tertiary alicyclic amines) is 1. The fourth-order valence-corrected chi connectivity index (χ4v) is 5.74. The number of rotatable bonds is 8. The summed E-state index contributed by atoms with van der Waals surface area (Å²) < 4.78 is 5.48. The van der Waals surface area contributed by atoms with Gasteiger partial charge in [-0.3, -0.25) is 4.79 Å². The first-order valence-electron chi connectivity index (χ1n) is 12.5. The molecule has 1 amide bonds. The van der Waals surface area contributed by atoms with Crippen molar-refractivity contribution in [1.29, 1.82) is 0 Å². The molecule has 0 bridgehead atoms. The first-order valence-corrected chi connectivity index (χ1v) is 12.5. The van der Waals surface area contributed by atoms with Crippen LogP contribution in [-0.2, 0) is 16.6 Å². The van der Waals surface area contributed by atoms with Gasteiger partial charge in [-0.05, 0) is 69.9 Å².